The van der Waals surface area contributed by atoms with Gasteiger partial charge in [-0.3, -0.25) is 0 Å². The van der Waals surface area contributed by atoms with E-state index in [9.17, 15) is 5.11 Å². The van der Waals surface area contributed by atoms with E-state index in [-0.39, 0.29) is 0 Å². The summed E-state index contributed by atoms with van der Waals surface area (Å²) in [5.41, 5.74) is 3.54. The summed E-state index contributed by atoms with van der Waals surface area (Å²) in [4.78, 5) is 2.34. The van der Waals surface area contributed by atoms with Crippen molar-refractivity contribution in [1.29, 1.82) is 0 Å². The van der Waals surface area contributed by atoms with Gasteiger partial charge in [0.05, 0.1) is 0 Å². The van der Waals surface area contributed by atoms with Crippen molar-refractivity contribution >= 4 is 0 Å². The van der Waals surface area contributed by atoms with Crippen molar-refractivity contribution in [3.8, 4) is 5.75 Å². The van der Waals surface area contributed by atoms with Gasteiger partial charge < -0.3 is 14.7 Å². The topological polar surface area (TPSA) is 32.7 Å². The predicted octanol–water partition coefficient (Wildman–Crippen LogP) is 2.84. The van der Waals surface area contributed by atoms with Crippen LogP contribution < -0.4 is 4.74 Å². The van der Waals surface area contributed by atoms with Crippen LogP contribution in [0.15, 0.2) is 12.1 Å². The fourth-order valence-electron chi connectivity index (χ4n) is 3.07. The van der Waals surface area contributed by atoms with Crippen LogP contribution in [0.4, 0.5) is 0 Å². The fraction of sp³-hybridized carbons (Fsp3) is 0.647. The molecule has 20 heavy (non-hydrogen) atoms. The van der Waals surface area contributed by atoms with Crippen LogP contribution in [0, 0.1) is 20.8 Å². The molecule has 3 nitrogen and oxygen atoms in total. The van der Waals surface area contributed by atoms with Crippen LogP contribution >= 0.6 is 0 Å². The standard InChI is InChI=1S/C17H27NO2/c1-13-9-14(2)17(15(3)10-13)20-12-16(19)11-18-7-5-4-6-8-18/h9-10,16,19H,4-8,11-12H2,1-3H3. The number of aryl methyl sites for hydroxylation is 3. The molecule has 1 fully saturated rings. The molecule has 1 heterocycles. The number of nitrogens with zero attached hydrogens (tertiary/aromatic N) is 1. The van der Waals surface area contributed by atoms with Crippen LogP contribution in [-0.2, 0) is 0 Å². The molecule has 1 unspecified atom stereocenters. The third-order valence-electron chi connectivity index (χ3n) is 3.94. The summed E-state index contributed by atoms with van der Waals surface area (Å²) < 4.78 is 5.85. The lowest BCUT2D eigenvalue weighted by atomic mass is 10.1. The first-order chi connectivity index (χ1) is 9.56. The van der Waals surface area contributed by atoms with Crippen LogP contribution in [0.25, 0.3) is 0 Å². The molecule has 0 aromatic heterocycles. The van der Waals surface area contributed by atoms with Gasteiger partial charge in [-0.15, -0.1) is 0 Å². The van der Waals surface area contributed by atoms with Crippen molar-refractivity contribution in [3.63, 3.8) is 0 Å². The highest BCUT2D eigenvalue weighted by Gasteiger charge is 2.15. The summed E-state index contributed by atoms with van der Waals surface area (Å²) in [6, 6.07) is 4.25. The minimum atomic E-state index is -0.409. The number of hydrogen-bond acceptors (Lipinski definition) is 3. The van der Waals surface area contributed by atoms with E-state index in [1.807, 2.05) is 0 Å². The maximum Gasteiger partial charge on any atom is 0.125 e. The molecule has 0 bridgehead atoms. The third-order valence-corrected chi connectivity index (χ3v) is 3.94. The molecule has 112 valence electrons. The molecule has 1 aliphatic heterocycles. The third kappa shape index (κ3) is 4.22. The van der Waals surface area contributed by atoms with Crippen molar-refractivity contribution in [1.82, 2.24) is 4.90 Å². The normalized spacial score (nSPS) is 18.0. The number of aliphatic hydroxyl groups is 1. The minimum Gasteiger partial charge on any atom is -0.490 e. The lowest BCUT2D eigenvalue weighted by molar-refractivity contribution is 0.0613. The molecular weight excluding hydrogens is 250 g/mol. The highest BCUT2D eigenvalue weighted by Crippen LogP contribution is 2.24. The smallest absolute Gasteiger partial charge is 0.125 e. The van der Waals surface area contributed by atoms with Gasteiger partial charge in [-0.1, -0.05) is 24.1 Å². The van der Waals surface area contributed by atoms with Crippen molar-refractivity contribution in [2.24, 2.45) is 0 Å². The molecule has 0 spiro atoms. The van der Waals surface area contributed by atoms with Gasteiger partial charge in [0.1, 0.15) is 18.5 Å². The number of aliphatic hydroxyl groups excluding tert-OH is 1. The summed E-state index contributed by atoms with van der Waals surface area (Å²) in [5.74, 6) is 0.924. The Morgan fingerprint density at radius 3 is 2.30 bits per heavy atom. The first-order valence-electron chi connectivity index (χ1n) is 7.67. The van der Waals surface area contributed by atoms with Crippen LogP contribution in [-0.4, -0.2) is 42.4 Å². The van der Waals surface area contributed by atoms with Crippen LogP contribution in [0.1, 0.15) is 36.0 Å². The monoisotopic (exact) mass is 277 g/mol. The van der Waals surface area contributed by atoms with Gasteiger partial charge in [-0.05, 0) is 57.8 Å². The lowest BCUT2D eigenvalue weighted by Crippen LogP contribution is -2.38. The second-order valence-electron chi connectivity index (χ2n) is 6.05. The zero-order chi connectivity index (χ0) is 14.5. The van der Waals surface area contributed by atoms with Gasteiger partial charge in [-0.25, -0.2) is 0 Å². The molecule has 2 rings (SSSR count). The van der Waals surface area contributed by atoms with Gasteiger partial charge in [0, 0.05) is 6.54 Å². The van der Waals surface area contributed by atoms with E-state index >= 15 is 0 Å². The molecule has 3 heteroatoms. The van der Waals surface area contributed by atoms with Crippen LogP contribution in [0.2, 0.25) is 0 Å². The second-order valence-corrected chi connectivity index (χ2v) is 6.05. The average Bonchev–Trinajstić information content (AvgIpc) is 2.38. The van der Waals surface area contributed by atoms with Gasteiger partial charge >= 0.3 is 0 Å². The summed E-state index contributed by atoms with van der Waals surface area (Å²) in [6.45, 7) is 9.54. The zero-order valence-electron chi connectivity index (χ0n) is 13.0. The van der Waals surface area contributed by atoms with E-state index in [1.54, 1.807) is 0 Å². The van der Waals surface area contributed by atoms with Crippen molar-refractivity contribution in [3.05, 3.63) is 28.8 Å². The Labute approximate surface area is 122 Å². The number of β-amino-alcohol motifs (C(OH)–C–C–N with tert-alkyl or cyclic N) is 1. The van der Waals surface area contributed by atoms with E-state index in [0.717, 1.165) is 36.5 Å². The number of ether oxygens (including phenoxy) is 1. The summed E-state index contributed by atoms with van der Waals surface area (Å²) in [5, 5.41) is 10.1. The Morgan fingerprint density at radius 1 is 1.10 bits per heavy atom. The molecule has 0 saturated carbocycles. The summed E-state index contributed by atoms with van der Waals surface area (Å²) in [6.07, 6.45) is 3.42. The molecule has 1 N–H and O–H groups in total. The van der Waals surface area contributed by atoms with E-state index < -0.39 is 6.10 Å². The number of hydrogen-bond donors (Lipinski definition) is 1. The molecule has 0 radical (unpaired) electrons. The number of benzene rings is 1. The SMILES string of the molecule is Cc1cc(C)c(OCC(O)CN2CCCCC2)c(C)c1. The highest BCUT2D eigenvalue weighted by atomic mass is 16.5. The fourth-order valence-corrected chi connectivity index (χ4v) is 3.07. The van der Waals surface area contributed by atoms with E-state index in [2.05, 4.69) is 37.8 Å². The predicted molar refractivity (Wildman–Crippen MR) is 82.4 cm³/mol. The molecule has 1 aliphatic rings. The van der Waals surface area contributed by atoms with Gasteiger partial charge in [0.2, 0.25) is 0 Å². The molecule has 1 atom stereocenters. The molecule has 1 saturated heterocycles. The Morgan fingerprint density at radius 2 is 1.70 bits per heavy atom. The van der Waals surface area contributed by atoms with Gasteiger partial charge in [0.25, 0.3) is 0 Å². The summed E-state index contributed by atoms with van der Waals surface area (Å²) in [7, 11) is 0. The Kier molecular flexibility index (Phi) is 5.44. The molecule has 1 aromatic carbocycles. The van der Waals surface area contributed by atoms with Gasteiger partial charge in [-0.2, -0.15) is 0 Å². The molecule has 0 aliphatic carbocycles. The Balaban J connectivity index is 1.85. The number of likely N-dealkylation sites (tertiary alicyclic amines) is 1. The maximum atomic E-state index is 10.1. The molecule has 1 aromatic rings. The molecule has 0 amide bonds. The lowest BCUT2D eigenvalue weighted by Gasteiger charge is -2.28. The number of piperidine rings is 1. The van der Waals surface area contributed by atoms with Gasteiger partial charge in [0.15, 0.2) is 0 Å². The number of rotatable bonds is 5. The van der Waals surface area contributed by atoms with Crippen LogP contribution in [0.3, 0.4) is 0 Å². The van der Waals surface area contributed by atoms with Crippen LogP contribution in [0.5, 0.6) is 5.75 Å². The maximum absolute atomic E-state index is 10.1. The van der Waals surface area contributed by atoms with Crippen molar-refractivity contribution < 1.29 is 9.84 Å². The Bertz CT molecular complexity index is 416. The van der Waals surface area contributed by atoms with E-state index in [1.165, 1.54) is 24.8 Å². The minimum absolute atomic E-state index is 0.376. The highest BCUT2D eigenvalue weighted by molar-refractivity contribution is 5.42. The van der Waals surface area contributed by atoms with Crippen molar-refractivity contribution in [2.75, 3.05) is 26.2 Å². The largest absolute Gasteiger partial charge is 0.490 e. The second kappa shape index (κ2) is 7.09. The quantitative estimate of drug-likeness (QED) is 0.898. The Hall–Kier alpha value is -1.06. The first kappa shape index (κ1) is 15.3. The van der Waals surface area contributed by atoms with E-state index in [4.69, 9.17) is 4.74 Å². The van der Waals surface area contributed by atoms with Crippen molar-refractivity contribution in [2.45, 2.75) is 46.1 Å². The van der Waals surface area contributed by atoms with E-state index in [0.29, 0.717) is 6.61 Å². The average molecular weight is 277 g/mol. The first-order valence-corrected chi connectivity index (χ1v) is 7.67. The zero-order valence-corrected chi connectivity index (χ0v) is 13.0. The molecular formula is C17H27NO2. The summed E-state index contributed by atoms with van der Waals surface area (Å²) >= 11 is 0.